The van der Waals surface area contributed by atoms with E-state index in [1.54, 1.807) is 44.2 Å². The van der Waals surface area contributed by atoms with Gasteiger partial charge in [0.25, 0.3) is 20.2 Å². The Morgan fingerprint density at radius 1 is 0.971 bits per heavy atom. The number of aryl methyl sites for hydroxylation is 2. The van der Waals surface area contributed by atoms with Crippen LogP contribution in [0.1, 0.15) is 18.6 Å². The largest absolute Gasteiger partial charge is 0.505 e. The van der Waals surface area contributed by atoms with Gasteiger partial charge in [-0.3, -0.25) is 9.11 Å². The second-order valence-electron chi connectivity index (χ2n) is 6.85. The van der Waals surface area contributed by atoms with E-state index in [1.165, 1.54) is 12.1 Å². The lowest BCUT2D eigenvalue weighted by atomic mass is 10.0. The molecule has 0 amide bonds. The van der Waals surface area contributed by atoms with Crippen LogP contribution in [0, 0.1) is 13.8 Å². The molecule has 0 aliphatic rings. The van der Waals surface area contributed by atoms with E-state index in [0.717, 1.165) is 5.56 Å². The highest BCUT2D eigenvalue weighted by atomic mass is 32.2. The summed E-state index contributed by atoms with van der Waals surface area (Å²) in [5.41, 5.74) is 1.24. The predicted molar refractivity (Wildman–Crippen MR) is 130 cm³/mol. The first-order chi connectivity index (χ1) is 15.7. The van der Waals surface area contributed by atoms with E-state index in [1.807, 2.05) is 0 Å². The molecule has 3 rings (SSSR count). The van der Waals surface area contributed by atoms with E-state index < -0.39 is 25.1 Å². The Morgan fingerprint density at radius 2 is 1.60 bits per heavy atom. The standard InChI is InChI=1S/C18H16N2O7S2.CH4O3S.CH4/c1-10-6-7-13(15(8-10)29(23,24)25)19-20-17-14(28-27-26-22)9-12-5-3-4-11(2)16(12)18(17)21;1-5(2,3)4;/h3-9,21-22H,1-2H3,(H,23,24,25);1H3,(H,2,3,4);1H4. The van der Waals surface area contributed by atoms with Gasteiger partial charge >= 0.3 is 0 Å². The fourth-order valence-electron chi connectivity index (χ4n) is 2.81. The molecule has 0 unspecified atom stereocenters. The fourth-order valence-corrected chi connectivity index (χ4v) is 4.01. The molecule has 0 aromatic heterocycles. The SMILES string of the molecule is C.CS(=O)(=O)O.Cc1ccc(N=Nc2c(SOOO)cc3cccc(C)c3c2O)c(S(=O)(=O)O)c1. The second-order valence-corrected chi connectivity index (χ2v) is 10.4. The maximum absolute atomic E-state index is 11.6. The molecule has 0 heterocycles. The summed E-state index contributed by atoms with van der Waals surface area (Å²) in [7, 11) is -8.20. The lowest BCUT2D eigenvalue weighted by Crippen LogP contribution is -1.98. The highest BCUT2D eigenvalue weighted by Crippen LogP contribution is 2.45. The summed E-state index contributed by atoms with van der Waals surface area (Å²) >= 11 is 0.576. The first-order valence-electron chi connectivity index (χ1n) is 9.04. The van der Waals surface area contributed by atoms with Gasteiger partial charge < -0.3 is 5.11 Å². The minimum atomic E-state index is -4.54. The van der Waals surface area contributed by atoms with Crippen LogP contribution in [0.25, 0.3) is 10.8 Å². The Morgan fingerprint density at radius 3 is 2.17 bits per heavy atom. The third-order valence-corrected chi connectivity index (χ3v) is 5.59. The van der Waals surface area contributed by atoms with E-state index in [0.29, 0.717) is 34.6 Å². The molecular weight excluding hydrogens is 524 g/mol. The van der Waals surface area contributed by atoms with Crippen LogP contribution in [0.5, 0.6) is 5.75 Å². The molecule has 4 N–H and O–H groups in total. The molecule has 3 aromatic carbocycles. The van der Waals surface area contributed by atoms with Crippen LogP contribution < -0.4 is 0 Å². The van der Waals surface area contributed by atoms with Crippen LogP contribution in [0.4, 0.5) is 11.4 Å². The molecule has 0 atom stereocenters. The third kappa shape index (κ3) is 8.83. The Labute approximate surface area is 206 Å². The van der Waals surface area contributed by atoms with Gasteiger partial charge in [0.05, 0.1) is 23.2 Å². The van der Waals surface area contributed by atoms with Crippen LogP contribution in [0.15, 0.2) is 62.5 Å². The van der Waals surface area contributed by atoms with E-state index in [4.69, 9.17) is 9.81 Å². The van der Waals surface area contributed by atoms with Gasteiger partial charge in [-0.15, -0.1) is 14.6 Å². The van der Waals surface area contributed by atoms with E-state index in [9.17, 15) is 26.5 Å². The number of phenolic OH excluding ortho intramolecular Hbond substituents is 1. The number of azo groups is 1. The Hall–Kier alpha value is -2.63. The molecule has 192 valence electrons. The van der Waals surface area contributed by atoms with Crippen LogP contribution in [-0.4, -0.2) is 42.6 Å². The summed E-state index contributed by atoms with van der Waals surface area (Å²) < 4.78 is 63.1. The van der Waals surface area contributed by atoms with Crippen molar-refractivity contribution in [1.29, 1.82) is 0 Å². The van der Waals surface area contributed by atoms with Crippen molar-refractivity contribution in [3.63, 3.8) is 0 Å². The van der Waals surface area contributed by atoms with Gasteiger partial charge in [0.2, 0.25) is 0 Å². The highest BCUT2D eigenvalue weighted by molar-refractivity contribution is 7.94. The highest BCUT2D eigenvalue weighted by Gasteiger charge is 2.18. The van der Waals surface area contributed by atoms with Gasteiger partial charge in [-0.2, -0.15) is 16.8 Å². The van der Waals surface area contributed by atoms with E-state index >= 15 is 0 Å². The summed E-state index contributed by atoms with van der Waals surface area (Å²) in [6.45, 7) is 3.47. The van der Waals surface area contributed by atoms with Crippen molar-refractivity contribution in [3.8, 4) is 5.75 Å². The Balaban J connectivity index is 0.000000927. The molecule has 3 aromatic rings. The number of rotatable bonds is 6. The van der Waals surface area contributed by atoms with Crippen molar-refractivity contribution >= 4 is 54.4 Å². The van der Waals surface area contributed by atoms with Crippen molar-refractivity contribution in [2.75, 3.05) is 6.26 Å². The number of hydrogen-bond acceptors (Lipinski definition) is 11. The van der Waals surface area contributed by atoms with Gasteiger partial charge in [0, 0.05) is 5.39 Å². The van der Waals surface area contributed by atoms with E-state index in [2.05, 4.69) is 19.6 Å². The predicted octanol–water partition coefficient (Wildman–Crippen LogP) is 5.39. The molecule has 0 radical (unpaired) electrons. The quantitative estimate of drug-likeness (QED) is 0.101. The number of benzene rings is 3. The topological polar surface area (TPSA) is 192 Å². The molecule has 0 aliphatic heterocycles. The van der Waals surface area contributed by atoms with Crippen molar-refractivity contribution in [2.45, 2.75) is 31.1 Å². The molecule has 0 fully saturated rings. The molecule has 15 heteroatoms. The lowest BCUT2D eigenvalue weighted by molar-refractivity contribution is -0.432. The lowest BCUT2D eigenvalue weighted by Gasteiger charge is -2.11. The minimum absolute atomic E-state index is 0. The van der Waals surface area contributed by atoms with E-state index in [-0.39, 0.29) is 29.4 Å². The van der Waals surface area contributed by atoms with Crippen molar-refractivity contribution in [2.24, 2.45) is 10.2 Å². The molecule has 0 bridgehead atoms. The number of fused-ring (bicyclic) bond motifs is 1. The minimum Gasteiger partial charge on any atom is -0.505 e. The van der Waals surface area contributed by atoms with Gasteiger partial charge in [-0.05, 0) is 48.6 Å². The van der Waals surface area contributed by atoms with Crippen molar-refractivity contribution in [1.82, 2.24) is 0 Å². The van der Waals surface area contributed by atoms with Gasteiger partial charge in [-0.25, -0.2) is 5.26 Å². The average Bonchev–Trinajstić information content (AvgIpc) is 2.70. The molecule has 12 nitrogen and oxygen atoms in total. The number of aromatic hydroxyl groups is 1. The second kappa shape index (κ2) is 12.4. The zero-order chi connectivity index (χ0) is 25.7. The first kappa shape index (κ1) is 30.4. The molecule has 0 spiro atoms. The molecule has 0 aliphatic carbocycles. The van der Waals surface area contributed by atoms with Gasteiger partial charge in [0.1, 0.15) is 16.3 Å². The Kier molecular flexibility index (Phi) is 10.7. The fraction of sp³-hybridized carbons (Fsp3) is 0.200. The van der Waals surface area contributed by atoms with Gasteiger partial charge in [-0.1, -0.05) is 36.7 Å². The Bertz CT molecular complexity index is 1430. The first-order valence-corrected chi connectivity index (χ1v) is 13.1. The number of nitrogens with zero attached hydrogens (tertiary/aromatic N) is 2. The molecular formula is C20H24N2O10S3. The zero-order valence-corrected chi connectivity index (χ0v) is 20.3. The summed E-state index contributed by atoms with van der Waals surface area (Å²) in [4.78, 5) is -0.166. The average molecular weight is 549 g/mol. The maximum Gasteiger partial charge on any atom is 0.296 e. The van der Waals surface area contributed by atoms with Crippen LogP contribution in [0.2, 0.25) is 0 Å². The molecule has 0 saturated heterocycles. The normalized spacial score (nSPS) is 11.7. The van der Waals surface area contributed by atoms with Crippen LogP contribution in [0.3, 0.4) is 0 Å². The monoisotopic (exact) mass is 548 g/mol. The van der Waals surface area contributed by atoms with Gasteiger partial charge in [0.15, 0.2) is 5.75 Å². The number of phenols is 1. The number of hydrogen-bond donors (Lipinski definition) is 4. The van der Waals surface area contributed by atoms with Crippen LogP contribution >= 0.6 is 12.0 Å². The maximum atomic E-state index is 11.6. The third-order valence-electron chi connectivity index (χ3n) is 4.09. The summed E-state index contributed by atoms with van der Waals surface area (Å²) in [6.07, 6.45) is 0.715. The summed E-state index contributed by atoms with van der Waals surface area (Å²) in [5, 5.41) is 31.9. The smallest absolute Gasteiger partial charge is 0.296 e. The molecule has 35 heavy (non-hydrogen) atoms. The molecule has 0 saturated carbocycles. The van der Waals surface area contributed by atoms with Crippen LogP contribution in [-0.2, 0) is 29.6 Å². The van der Waals surface area contributed by atoms with Crippen molar-refractivity contribution < 1.29 is 45.7 Å². The summed E-state index contributed by atoms with van der Waals surface area (Å²) in [6, 6.07) is 11.3. The summed E-state index contributed by atoms with van der Waals surface area (Å²) in [5.74, 6) is -0.214. The zero-order valence-electron chi connectivity index (χ0n) is 17.9. The van der Waals surface area contributed by atoms with Crippen molar-refractivity contribution in [3.05, 3.63) is 53.6 Å².